The standard InChI is InChI=1S/C14H29N5O2/c1-17(2)7-4-8-18(3)11-13(20)19-9-5-12(6-10-19)14(21)16-15/h12H,4-11,15H2,1-3H3,(H,16,21). The highest BCUT2D eigenvalue weighted by molar-refractivity contribution is 5.80. The number of piperidine rings is 1. The predicted molar refractivity (Wildman–Crippen MR) is 82.3 cm³/mol. The van der Waals surface area contributed by atoms with Gasteiger partial charge in [-0.25, -0.2) is 5.84 Å². The van der Waals surface area contributed by atoms with Crippen LogP contribution in [0.1, 0.15) is 19.3 Å². The van der Waals surface area contributed by atoms with Gasteiger partial charge in [0, 0.05) is 19.0 Å². The number of nitrogens with two attached hydrogens (primary N) is 1. The van der Waals surface area contributed by atoms with Crippen LogP contribution in [0, 0.1) is 5.92 Å². The molecule has 0 spiro atoms. The summed E-state index contributed by atoms with van der Waals surface area (Å²) in [5.74, 6) is 5.11. The first-order valence-corrected chi connectivity index (χ1v) is 7.55. The SMILES string of the molecule is CN(C)CCCN(C)CC(=O)N1CCC(C(=O)NN)CC1. The fourth-order valence-electron chi connectivity index (χ4n) is 2.58. The van der Waals surface area contributed by atoms with Crippen molar-refractivity contribution in [2.45, 2.75) is 19.3 Å². The highest BCUT2D eigenvalue weighted by Gasteiger charge is 2.27. The molecule has 0 aromatic carbocycles. The van der Waals surface area contributed by atoms with Gasteiger partial charge in [-0.2, -0.15) is 0 Å². The van der Waals surface area contributed by atoms with E-state index in [2.05, 4.69) is 15.2 Å². The molecule has 3 N–H and O–H groups in total. The van der Waals surface area contributed by atoms with E-state index in [1.54, 1.807) is 0 Å². The van der Waals surface area contributed by atoms with Crippen LogP contribution in [0.3, 0.4) is 0 Å². The van der Waals surface area contributed by atoms with Gasteiger partial charge in [-0.15, -0.1) is 0 Å². The van der Waals surface area contributed by atoms with Crippen molar-refractivity contribution in [2.75, 3.05) is 53.9 Å². The molecule has 1 aliphatic rings. The molecular weight excluding hydrogens is 270 g/mol. The van der Waals surface area contributed by atoms with E-state index in [1.165, 1.54) is 0 Å². The van der Waals surface area contributed by atoms with Crippen molar-refractivity contribution < 1.29 is 9.59 Å². The average Bonchev–Trinajstić information content (AvgIpc) is 2.46. The van der Waals surface area contributed by atoms with Gasteiger partial charge < -0.3 is 9.80 Å². The lowest BCUT2D eigenvalue weighted by Gasteiger charge is -2.32. The van der Waals surface area contributed by atoms with Gasteiger partial charge in [-0.05, 0) is 53.5 Å². The normalized spacial score (nSPS) is 16.6. The smallest absolute Gasteiger partial charge is 0.237 e. The van der Waals surface area contributed by atoms with Gasteiger partial charge in [0.2, 0.25) is 11.8 Å². The summed E-state index contributed by atoms with van der Waals surface area (Å²) >= 11 is 0. The van der Waals surface area contributed by atoms with Crippen LogP contribution in [0.5, 0.6) is 0 Å². The minimum absolute atomic E-state index is 0.0585. The summed E-state index contributed by atoms with van der Waals surface area (Å²) < 4.78 is 0. The molecule has 1 heterocycles. The zero-order chi connectivity index (χ0) is 15.8. The Bertz CT molecular complexity index is 340. The second-order valence-electron chi connectivity index (χ2n) is 6.06. The highest BCUT2D eigenvalue weighted by atomic mass is 16.2. The Morgan fingerprint density at radius 1 is 1.19 bits per heavy atom. The zero-order valence-corrected chi connectivity index (χ0v) is 13.5. The molecule has 1 fully saturated rings. The van der Waals surface area contributed by atoms with E-state index in [0.29, 0.717) is 32.5 Å². The van der Waals surface area contributed by atoms with Crippen LogP contribution in [-0.2, 0) is 9.59 Å². The quantitative estimate of drug-likeness (QED) is 0.362. The van der Waals surface area contributed by atoms with Crippen molar-refractivity contribution in [1.82, 2.24) is 20.1 Å². The number of likely N-dealkylation sites (N-methyl/N-ethyl adjacent to an activating group) is 1. The first-order chi connectivity index (χ1) is 9.93. The predicted octanol–water partition coefficient (Wildman–Crippen LogP) is -0.902. The lowest BCUT2D eigenvalue weighted by molar-refractivity contribution is -0.136. The van der Waals surface area contributed by atoms with Crippen LogP contribution < -0.4 is 11.3 Å². The number of amides is 2. The lowest BCUT2D eigenvalue weighted by atomic mass is 9.96. The number of nitrogens with one attached hydrogen (secondary N) is 1. The van der Waals surface area contributed by atoms with Crippen molar-refractivity contribution in [3.63, 3.8) is 0 Å². The molecule has 21 heavy (non-hydrogen) atoms. The maximum absolute atomic E-state index is 12.2. The van der Waals surface area contributed by atoms with Crippen molar-refractivity contribution in [3.8, 4) is 0 Å². The van der Waals surface area contributed by atoms with E-state index >= 15 is 0 Å². The molecule has 1 saturated heterocycles. The van der Waals surface area contributed by atoms with Crippen molar-refractivity contribution in [1.29, 1.82) is 0 Å². The van der Waals surface area contributed by atoms with Crippen molar-refractivity contribution >= 4 is 11.8 Å². The molecule has 0 unspecified atom stereocenters. The molecule has 0 aromatic heterocycles. The van der Waals surface area contributed by atoms with E-state index in [0.717, 1.165) is 19.5 Å². The molecule has 0 radical (unpaired) electrons. The van der Waals surface area contributed by atoms with Crippen LogP contribution in [-0.4, -0.2) is 80.4 Å². The third-order valence-corrected chi connectivity index (χ3v) is 3.91. The van der Waals surface area contributed by atoms with Gasteiger partial charge >= 0.3 is 0 Å². The summed E-state index contributed by atoms with van der Waals surface area (Å²) in [5, 5.41) is 0. The monoisotopic (exact) mass is 299 g/mol. The summed E-state index contributed by atoms with van der Waals surface area (Å²) in [7, 11) is 6.07. The van der Waals surface area contributed by atoms with Crippen LogP contribution in [0.2, 0.25) is 0 Å². The number of carbonyl (C=O) groups is 2. The number of rotatable bonds is 7. The summed E-state index contributed by atoms with van der Waals surface area (Å²) in [6.07, 6.45) is 2.44. The molecule has 2 amide bonds. The van der Waals surface area contributed by atoms with E-state index in [4.69, 9.17) is 5.84 Å². The molecule has 1 rings (SSSR count). The maximum Gasteiger partial charge on any atom is 0.237 e. The topological polar surface area (TPSA) is 81.9 Å². The van der Waals surface area contributed by atoms with E-state index in [1.807, 2.05) is 26.0 Å². The Balaban J connectivity index is 2.25. The van der Waals surface area contributed by atoms with Crippen LogP contribution in [0.25, 0.3) is 0 Å². The average molecular weight is 299 g/mol. The van der Waals surface area contributed by atoms with Crippen LogP contribution in [0.15, 0.2) is 0 Å². The molecule has 7 nitrogen and oxygen atoms in total. The van der Waals surface area contributed by atoms with Gasteiger partial charge in [-0.3, -0.25) is 19.9 Å². The molecule has 0 saturated carbocycles. The summed E-state index contributed by atoms with van der Waals surface area (Å²) in [6.45, 7) is 3.67. The minimum Gasteiger partial charge on any atom is -0.342 e. The molecule has 7 heteroatoms. The third-order valence-electron chi connectivity index (χ3n) is 3.91. The zero-order valence-electron chi connectivity index (χ0n) is 13.5. The van der Waals surface area contributed by atoms with Gasteiger partial charge in [0.15, 0.2) is 0 Å². The first-order valence-electron chi connectivity index (χ1n) is 7.55. The first kappa shape index (κ1) is 17.9. The van der Waals surface area contributed by atoms with E-state index < -0.39 is 0 Å². The Kier molecular flexibility index (Phi) is 7.63. The lowest BCUT2D eigenvalue weighted by Crippen LogP contribution is -2.47. The molecule has 122 valence electrons. The molecule has 0 aromatic rings. The maximum atomic E-state index is 12.2. The van der Waals surface area contributed by atoms with E-state index in [-0.39, 0.29) is 17.7 Å². The highest BCUT2D eigenvalue weighted by Crippen LogP contribution is 2.17. The number of hydrogen-bond acceptors (Lipinski definition) is 5. The fourth-order valence-corrected chi connectivity index (χ4v) is 2.58. The molecule has 0 aliphatic carbocycles. The van der Waals surface area contributed by atoms with Crippen molar-refractivity contribution in [3.05, 3.63) is 0 Å². The van der Waals surface area contributed by atoms with Crippen molar-refractivity contribution in [2.24, 2.45) is 11.8 Å². The second-order valence-corrected chi connectivity index (χ2v) is 6.06. The summed E-state index contributed by atoms with van der Waals surface area (Å²) in [6, 6.07) is 0. The summed E-state index contributed by atoms with van der Waals surface area (Å²) in [5.41, 5.74) is 2.19. The van der Waals surface area contributed by atoms with E-state index in [9.17, 15) is 9.59 Å². The third kappa shape index (κ3) is 6.41. The van der Waals surface area contributed by atoms with Gasteiger partial charge in [0.25, 0.3) is 0 Å². The minimum atomic E-state index is -0.122. The Morgan fingerprint density at radius 2 is 1.81 bits per heavy atom. The Morgan fingerprint density at radius 3 is 2.33 bits per heavy atom. The van der Waals surface area contributed by atoms with Crippen LogP contribution >= 0.6 is 0 Å². The fraction of sp³-hybridized carbons (Fsp3) is 0.857. The van der Waals surface area contributed by atoms with Gasteiger partial charge in [-0.1, -0.05) is 0 Å². The summed E-state index contributed by atoms with van der Waals surface area (Å²) in [4.78, 5) is 29.7. The number of nitrogens with zero attached hydrogens (tertiary/aromatic N) is 3. The largest absolute Gasteiger partial charge is 0.342 e. The number of hydrazine groups is 1. The molecule has 0 bridgehead atoms. The molecule has 0 atom stereocenters. The molecule has 1 aliphatic heterocycles. The number of hydrogen-bond donors (Lipinski definition) is 2. The van der Waals surface area contributed by atoms with Gasteiger partial charge in [0.1, 0.15) is 0 Å². The second kappa shape index (κ2) is 8.96. The Hall–Kier alpha value is -1.18. The van der Waals surface area contributed by atoms with Gasteiger partial charge in [0.05, 0.1) is 6.54 Å². The Labute approximate surface area is 127 Å². The number of likely N-dealkylation sites (tertiary alicyclic amines) is 1. The number of carbonyl (C=O) groups excluding carboxylic acids is 2. The van der Waals surface area contributed by atoms with Crippen LogP contribution in [0.4, 0.5) is 0 Å². The molecular formula is C14H29N5O2.